The molecule has 0 unspecified atom stereocenters. The maximum atomic E-state index is 8.67. The Labute approximate surface area is 119 Å². The van der Waals surface area contributed by atoms with Gasteiger partial charge in [0.1, 0.15) is 0 Å². The van der Waals surface area contributed by atoms with Crippen LogP contribution in [-0.2, 0) is 21.1 Å². The Balaban J connectivity index is -0.0000000470. The van der Waals surface area contributed by atoms with Gasteiger partial charge >= 0.3 is 45.7 Å². The molecule has 1 aromatic rings. The number of para-hydroxylation sites is 2. The van der Waals surface area contributed by atoms with Crippen LogP contribution in [0.1, 0.15) is 0 Å². The minimum Gasteiger partial charge on any atom is -0.504 e. The number of hydrogen-bond donors (Lipinski definition) is 6. The molecule has 9 nitrogen and oxygen atoms in total. The predicted molar refractivity (Wildman–Crippen MR) is 59.2 cm³/mol. The Hall–Kier alpha value is -0.693. The average molecular weight is 494 g/mol. The van der Waals surface area contributed by atoms with Crippen molar-refractivity contribution < 1.29 is 39.5 Å². The van der Waals surface area contributed by atoms with Gasteiger partial charge in [0.2, 0.25) is 0 Å². The van der Waals surface area contributed by atoms with E-state index in [9.17, 15) is 0 Å². The summed E-state index contributed by atoms with van der Waals surface area (Å²) < 4.78 is 14.4. The van der Waals surface area contributed by atoms with Gasteiger partial charge in [-0.15, -0.1) is 5.34 Å². The summed E-state index contributed by atoms with van der Waals surface area (Å²) in [7, 11) is 0. The molecular formula is C6H14AsN3O6Pt+. The summed E-state index contributed by atoms with van der Waals surface area (Å²) in [5, 5.41) is 26.3. The van der Waals surface area contributed by atoms with E-state index in [0.717, 1.165) is 5.34 Å². The van der Waals surface area contributed by atoms with E-state index in [1.165, 1.54) is 12.1 Å². The van der Waals surface area contributed by atoms with Crippen LogP contribution in [0.3, 0.4) is 0 Å². The van der Waals surface area contributed by atoms with Crippen molar-refractivity contribution in [3.05, 3.63) is 34.4 Å². The van der Waals surface area contributed by atoms with Crippen LogP contribution in [0.4, 0.5) is 0 Å². The minimum absolute atomic E-state index is 0. The molecule has 0 atom stereocenters. The molecule has 0 aliphatic rings. The van der Waals surface area contributed by atoms with Gasteiger partial charge in [0.15, 0.2) is 11.5 Å². The van der Waals surface area contributed by atoms with E-state index < -0.39 is 16.4 Å². The van der Waals surface area contributed by atoms with E-state index in [1.807, 2.05) is 0 Å². The Morgan fingerprint density at radius 1 is 1.06 bits per heavy atom. The smallest absolute Gasteiger partial charge is 0.504 e. The number of phenols is 2. The molecule has 0 aliphatic heterocycles. The summed E-state index contributed by atoms with van der Waals surface area (Å²) in [6, 6.07) is 6.15. The van der Waals surface area contributed by atoms with Gasteiger partial charge in [0, 0.05) is 0 Å². The largest absolute Gasteiger partial charge is 2.00 e. The first-order valence-electron chi connectivity index (χ1n) is 3.04. The number of rotatable bonds is 0. The quantitative estimate of drug-likeness (QED) is 0.127. The molecule has 103 valence electrons. The second kappa shape index (κ2) is 24.5. The van der Waals surface area contributed by atoms with Crippen LogP contribution in [0.25, 0.3) is 0 Å². The van der Waals surface area contributed by atoms with E-state index in [-0.39, 0.29) is 44.9 Å². The molecule has 0 aliphatic carbocycles. The summed E-state index contributed by atoms with van der Waals surface area (Å²) in [6.45, 7) is 0. The Morgan fingerprint density at radius 2 is 1.24 bits per heavy atom. The van der Waals surface area contributed by atoms with Crippen molar-refractivity contribution in [3.63, 3.8) is 0 Å². The zero-order valence-electron chi connectivity index (χ0n) is 8.54. The SMILES string of the molecule is N.N.O=N[O-].O[As]O.Oc1ccccc1O.[Pt+2]. The molecule has 1 aromatic carbocycles. The van der Waals surface area contributed by atoms with Crippen LogP contribution in [0.2, 0.25) is 0 Å². The molecule has 1 radical (unpaired) electrons. The normalized spacial score (nSPS) is 6.00. The van der Waals surface area contributed by atoms with Crippen LogP contribution in [0, 0.1) is 10.1 Å². The maximum absolute atomic E-state index is 8.67. The van der Waals surface area contributed by atoms with Crippen molar-refractivity contribution in [2.45, 2.75) is 0 Å². The fraction of sp³-hybridized carbons (Fsp3) is 0. The molecule has 17 heavy (non-hydrogen) atoms. The van der Waals surface area contributed by atoms with E-state index in [4.69, 9.17) is 28.5 Å². The van der Waals surface area contributed by atoms with Crippen LogP contribution in [0.15, 0.2) is 29.6 Å². The van der Waals surface area contributed by atoms with Gasteiger partial charge in [-0.3, -0.25) is 0 Å². The number of nitrogens with zero attached hydrogens (tertiary/aromatic N) is 1. The number of benzene rings is 1. The first-order chi connectivity index (χ1) is 6.63. The molecule has 10 N–H and O–H groups in total. The molecule has 0 aromatic heterocycles. The van der Waals surface area contributed by atoms with E-state index in [2.05, 4.69) is 0 Å². The summed E-state index contributed by atoms with van der Waals surface area (Å²) >= 11 is -1.31. The van der Waals surface area contributed by atoms with Crippen LogP contribution < -0.4 is 12.3 Å². The zero-order chi connectivity index (χ0) is 11.4. The third kappa shape index (κ3) is 25.5. The van der Waals surface area contributed by atoms with Crippen LogP contribution in [-0.4, -0.2) is 34.8 Å². The van der Waals surface area contributed by atoms with E-state index in [0.29, 0.717) is 0 Å². The van der Waals surface area contributed by atoms with Crippen molar-refractivity contribution >= 4 is 16.4 Å². The predicted octanol–water partition coefficient (Wildman–Crippen LogP) is 0.175. The third-order valence-corrected chi connectivity index (χ3v) is 0.882. The van der Waals surface area contributed by atoms with Gasteiger partial charge < -0.3 is 32.6 Å². The molecule has 11 heteroatoms. The Bertz CT molecular complexity index is 236. The third-order valence-electron chi connectivity index (χ3n) is 0.882. The molecule has 0 amide bonds. The Morgan fingerprint density at radius 3 is 1.35 bits per heavy atom. The summed E-state index contributed by atoms with van der Waals surface area (Å²) in [5.74, 6) is -0.153. The molecule has 0 fully saturated rings. The van der Waals surface area contributed by atoms with Crippen LogP contribution in [0.5, 0.6) is 11.5 Å². The standard InChI is InChI=1S/C6H6O2.AsH2O2.HNO2.2H3N.Pt/c7-5-3-1-2-4-6(5)8;2*2-1-3;;;/h1-4,7-8H;2-3H;(H,2,3);2*1H3;/q;;;;;+2/p-1. The van der Waals surface area contributed by atoms with Crippen molar-refractivity contribution in [1.82, 2.24) is 12.3 Å². The van der Waals surface area contributed by atoms with Crippen molar-refractivity contribution in [1.29, 1.82) is 0 Å². The van der Waals surface area contributed by atoms with Crippen LogP contribution >= 0.6 is 0 Å². The van der Waals surface area contributed by atoms with Crippen molar-refractivity contribution in [2.75, 3.05) is 0 Å². The fourth-order valence-corrected chi connectivity index (χ4v) is 0.464. The molecule has 0 bridgehead atoms. The number of phenolic OH excluding ortho intramolecular Hbond substituents is 2. The molecule has 0 heterocycles. The number of aromatic hydroxyl groups is 2. The van der Waals surface area contributed by atoms with Gasteiger partial charge in [-0.2, -0.15) is 0 Å². The summed E-state index contributed by atoms with van der Waals surface area (Å²) in [5.41, 5.74) is 0. The molecule has 0 saturated heterocycles. The second-order valence-electron chi connectivity index (χ2n) is 1.65. The zero-order valence-corrected chi connectivity index (χ0v) is 12.7. The van der Waals surface area contributed by atoms with E-state index in [1.54, 1.807) is 12.1 Å². The molecule has 1 rings (SSSR count). The molecule has 0 spiro atoms. The van der Waals surface area contributed by atoms with Gasteiger partial charge in [-0.1, -0.05) is 12.1 Å². The second-order valence-corrected chi connectivity index (χ2v) is 2.03. The number of hydrogen-bond acceptors (Lipinski definition) is 9. The van der Waals surface area contributed by atoms with E-state index >= 15 is 0 Å². The Kier molecular flexibility index (Phi) is 43.1. The minimum atomic E-state index is -1.31. The first kappa shape index (κ1) is 29.9. The molecular weight excluding hydrogens is 480 g/mol. The molecule has 0 saturated carbocycles. The van der Waals surface area contributed by atoms with Gasteiger partial charge in [-0.25, -0.2) is 0 Å². The fourth-order valence-electron chi connectivity index (χ4n) is 0.464. The van der Waals surface area contributed by atoms with Crippen molar-refractivity contribution in [3.8, 4) is 11.5 Å². The topological polar surface area (TPSA) is 203 Å². The van der Waals surface area contributed by atoms with Gasteiger partial charge in [-0.05, 0) is 12.1 Å². The average Bonchev–Trinajstić information content (AvgIpc) is 2.13. The summed E-state index contributed by atoms with van der Waals surface area (Å²) in [4.78, 5) is 8.00. The van der Waals surface area contributed by atoms with Crippen molar-refractivity contribution in [2.24, 2.45) is 5.34 Å². The summed E-state index contributed by atoms with van der Waals surface area (Å²) in [6.07, 6.45) is 0. The van der Waals surface area contributed by atoms with Gasteiger partial charge in [0.25, 0.3) is 0 Å². The van der Waals surface area contributed by atoms with Gasteiger partial charge in [0.05, 0.1) is 0 Å². The monoisotopic (exact) mass is 494 g/mol. The maximum Gasteiger partial charge on any atom is 2.00 e. The first-order valence-corrected chi connectivity index (χ1v) is 4.72.